The molecule has 0 aliphatic heterocycles. The number of anilines is 1. The minimum atomic E-state index is 0.218. The molecule has 0 bridgehead atoms. The highest BCUT2D eigenvalue weighted by Crippen LogP contribution is 2.14. The van der Waals surface area contributed by atoms with Gasteiger partial charge >= 0.3 is 0 Å². The molecule has 0 saturated carbocycles. The zero-order chi connectivity index (χ0) is 16.7. The molecule has 23 heavy (non-hydrogen) atoms. The number of nitrogens with one attached hydrogen (secondary N) is 2. The van der Waals surface area contributed by atoms with Crippen molar-refractivity contribution in [3.63, 3.8) is 0 Å². The number of hydrogen-bond donors (Lipinski definition) is 2. The van der Waals surface area contributed by atoms with Crippen LogP contribution in [0.25, 0.3) is 0 Å². The molecule has 124 valence electrons. The molecular formula is C20H28N2O. The number of aryl methyl sites for hydroxylation is 2. The Morgan fingerprint density at radius 1 is 0.913 bits per heavy atom. The van der Waals surface area contributed by atoms with Gasteiger partial charge in [0.1, 0.15) is 5.75 Å². The molecular weight excluding hydrogens is 284 g/mol. The summed E-state index contributed by atoms with van der Waals surface area (Å²) in [6.07, 6.45) is 0.218. The van der Waals surface area contributed by atoms with E-state index >= 15 is 0 Å². The van der Waals surface area contributed by atoms with Gasteiger partial charge in [-0.15, -0.1) is 0 Å². The molecule has 0 fully saturated rings. The van der Waals surface area contributed by atoms with Gasteiger partial charge < -0.3 is 15.4 Å². The van der Waals surface area contributed by atoms with Crippen LogP contribution in [-0.4, -0.2) is 19.2 Å². The summed E-state index contributed by atoms with van der Waals surface area (Å²) in [5, 5.41) is 6.92. The Hall–Kier alpha value is -2.00. The molecule has 2 aromatic carbocycles. The fraction of sp³-hybridized carbons (Fsp3) is 0.400. The van der Waals surface area contributed by atoms with Crippen LogP contribution in [0.15, 0.2) is 42.5 Å². The third kappa shape index (κ3) is 6.33. The predicted molar refractivity (Wildman–Crippen MR) is 98.3 cm³/mol. The van der Waals surface area contributed by atoms with E-state index in [1.807, 2.05) is 26.0 Å². The van der Waals surface area contributed by atoms with Crippen molar-refractivity contribution in [3.05, 3.63) is 59.2 Å². The van der Waals surface area contributed by atoms with Crippen LogP contribution in [0.5, 0.6) is 5.75 Å². The zero-order valence-corrected chi connectivity index (χ0v) is 14.6. The minimum absolute atomic E-state index is 0.218. The molecule has 0 aliphatic carbocycles. The van der Waals surface area contributed by atoms with Crippen molar-refractivity contribution in [2.45, 2.75) is 40.3 Å². The van der Waals surface area contributed by atoms with Crippen LogP contribution in [0.3, 0.4) is 0 Å². The molecule has 0 aliphatic rings. The van der Waals surface area contributed by atoms with Gasteiger partial charge in [-0.25, -0.2) is 0 Å². The molecule has 0 atom stereocenters. The smallest absolute Gasteiger partial charge is 0.119 e. The molecule has 0 amide bonds. The van der Waals surface area contributed by atoms with Crippen LogP contribution in [0.2, 0.25) is 0 Å². The van der Waals surface area contributed by atoms with Crippen LogP contribution in [-0.2, 0) is 6.54 Å². The van der Waals surface area contributed by atoms with Crippen LogP contribution in [0, 0.1) is 13.8 Å². The maximum absolute atomic E-state index is 5.65. The largest absolute Gasteiger partial charge is 0.491 e. The average Bonchev–Trinajstić information content (AvgIpc) is 2.47. The number of rotatable bonds is 8. The maximum Gasteiger partial charge on any atom is 0.119 e. The van der Waals surface area contributed by atoms with Gasteiger partial charge in [-0.1, -0.05) is 18.2 Å². The Morgan fingerprint density at radius 2 is 1.57 bits per heavy atom. The van der Waals surface area contributed by atoms with Crippen molar-refractivity contribution >= 4 is 5.69 Å². The summed E-state index contributed by atoms with van der Waals surface area (Å²) in [5.74, 6) is 0.931. The van der Waals surface area contributed by atoms with E-state index in [0.29, 0.717) is 0 Å². The molecule has 2 rings (SSSR count). The standard InChI is InChI=1S/C20H28N2O/c1-15(2)23-20-7-5-18(6-8-20)14-21-9-10-22-19-12-16(3)11-17(4)13-19/h5-8,11-13,15,21-22H,9-10,14H2,1-4H3. The number of ether oxygens (including phenoxy) is 1. The van der Waals surface area contributed by atoms with Crippen molar-refractivity contribution in [1.82, 2.24) is 5.32 Å². The third-order valence-corrected chi connectivity index (χ3v) is 3.48. The Bertz CT molecular complexity index is 585. The highest BCUT2D eigenvalue weighted by atomic mass is 16.5. The molecule has 3 heteroatoms. The van der Waals surface area contributed by atoms with Gasteiger partial charge in [-0.2, -0.15) is 0 Å². The summed E-state index contributed by atoms with van der Waals surface area (Å²) in [6.45, 7) is 11.0. The Balaban J connectivity index is 1.69. The van der Waals surface area contributed by atoms with Gasteiger partial charge in [0.15, 0.2) is 0 Å². The van der Waals surface area contributed by atoms with Crippen LogP contribution in [0.4, 0.5) is 5.69 Å². The lowest BCUT2D eigenvalue weighted by molar-refractivity contribution is 0.242. The first-order valence-electron chi connectivity index (χ1n) is 8.31. The summed E-state index contributed by atoms with van der Waals surface area (Å²) in [6, 6.07) is 14.8. The van der Waals surface area contributed by atoms with Gasteiger partial charge in [0, 0.05) is 25.3 Å². The summed E-state index contributed by atoms with van der Waals surface area (Å²) >= 11 is 0. The Labute approximate surface area is 140 Å². The first-order chi connectivity index (χ1) is 11.0. The number of hydrogen-bond acceptors (Lipinski definition) is 3. The van der Waals surface area contributed by atoms with Gasteiger partial charge in [0.05, 0.1) is 6.10 Å². The summed E-state index contributed by atoms with van der Waals surface area (Å²) in [7, 11) is 0. The second-order valence-electron chi connectivity index (χ2n) is 6.29. The van der Waals surface area contributed by atoms with Crippen molar-refractivity contribution < 1.29 is 4.74 Å². The Kier molecular flexibility index (Phi) is 6.48. The molecule has 0 heterocycles. The lowest BCUT2D eigenvalue weighted by Gasteiger charge is -2.11. The van der Waals surface area contributed by atoms with Crippen molar-refractivity contribution in [1.29, 1.82) is 0 Å². The van der Waals surface area contributed by atoms with Gasteiger partial charge in [0.25, 0.3) is 0 Å². The van der Waals surface area contributed by atoms with Crippen molar-refractivity contribution in [2.24, 2.45) is 0 Å². The van der Waals surface area contributed by atoms with Crippen LogP contribution < -0.4 is 15.4 Å². The van der Waals surface area contributed by atoms with E-state index in [-0.39, 0.29) is 6.10 Å². The van der Waals surface area contributed by atoms with Crippen LogP contribution >= 0.6 is 0 Å². The second kappa shape index (κ2) is 8.59. The van der Waals surface area contributed by atoms with Crippen LogP contribution in [0.1, 0.15) is 30.5 Å². The molecule has 2 N–H and O–H groups in total. The molecule has 0 aromatic heterocycles. The normalized spacial score (nSPS) is 10.8. The summed E-state index contributed by atoms with van der Waals surface area (Å²) in [4.78, 5) is 0. The third-order valence-electron chi connectivity index (χ3n) is 3.48. The predicted octanol–water partition coefficient (Wildman–Crippen LogP) is 4.29. The van der Waals surface area contributed by atoms with E-state index in [2.05, 4.69) is 54.8 Å². The van der Waals surface area contributed by atoms with E-state index in [0.717, 1.165) is 25.4 Å². The van der Waals surface area contributed by atoms with E-state index in [4.69, 9.17) is 4.74 Å². The topological polar surface area (TPSA) is 33.3 Å². The lowest BCUT2D eigenvalue weighted by atomic mass is 10.1. The zero-order valence-electron chi connectivity index (χ0n) is 14.6. The summed E-state index contributed by atoms with van der Waals surface area (Å²) in [5.41, 5.74) is 5.06. The number of benzene rings is 2. The van der Waals surface area contributed by atoms with E-state index < -0.39 is 0 Å². The minimum Gasteiger partial charge on any atom is -0.491 e. The van der Waals surface area contributed by atoms with Crippen molar-refractivity contribution in [2.75, 3.05) is 18.4 Å². The molecule has 2 aromatic rings. The van der Waals surface area contributed by atoms with E-state index in [1.54, 1.807) is 0 Å². The monoisotopic (exact) mass is 312 g/mol. The Morgan fingerprint density at radius 3 is 2.17 bits per heavy atom. The first kappa shape index (κ1) is 17.4. The lowest BCUT2D eigenvalue weighted by Crippen LogP contribution is -2.21. The van der Waals surface area contributed by atoms with Gasteiger partial charge in [-0.05, 0) is 68.7 Å². The van der Waals surface area contributed by atoms with E-state index in [9.17, 15) is 0 Å². The fourth-order valence-electron chi connectivity index (χ4n) is 2.56. The highest BCUT2D eigenvalue weighted by molar-refractivity contribution is 5.48. The van der Waals surface area contributed by atoms with Gasteiger partial charge in [0.2, 0.25) is 0 Å². The first-order valence-corrected chi connectivity index (χ1v) is 8.31. The van der Waals surface area contributed by atoms with Gasteiger partial charge in [-0.3, -0.25) is 0 Å². The molecule has 0 spiro atoms. The molecule has 0 radical (unpaired) electrons. The molecule has 0 unspecified atom stereocenters. The molecule has 3 nitrogen and oxygen atoms in total. The summed E-state index contributed by atoms with van der Waals surface area (Å²) < 4.78 is 5.65. The second-order valence-corrected chi connectivity index (χ2v) is 6.29. The molecule has 0 saturated heterocycles. The average molecular weight is 312 g/mol. The fourth-order valence-corrected chi connectivity index (χ4v) is 2.56. The quantitative estimate of drug-likeness (QED) is 0.713. The highest BCUT2D eigenvalue weighted by Gasteiger charge is 1.99. The SMILES string of the molecule is Cc1cc(C)cc(NCCNCc2ccc(OC(C)C)cc2)c1. The maximum atomic E-state index is 5.65. The van der Waals surface area contributed by atoms with Crippen molar-refractivity contribution in [3.8, 4) is 5.75 Å². The van der Waals surface area contributed by atoms with E-state index in [1.165, 1.54) is 22.4 Å².